The molecule has 0 aliphatic rings. The van der Waals surface area contributed by atoms with Crippen molar-refractivity contribution in [3.05, 3.63) is 0 Å². The molecule has 0 saturated carbocycles. The van der Waals surface area contributed by atoms with Crippen LogP contribution in [0.5, 0.6) is 0 Å². The molecule has 0 aromatic rings. The van der Waals surface area contributed by atoms with Crippen LogP contribution in [0.2, 0.25) is 0 Å². The smallest absolute Gasteiger partial charge is 0.243 e. The van der Waals surface area contributed by atoms with Gasteiger partial charge in [0.2, 0.25) is 5.91 Å². The van der Waals surface area contributed by atoms with Crippen LogP contribution >= 0.6 is 12.2 Å². The van der Waals surface area contributed by atoms with Crippen molar-refractivity contribution in [2.24, 2.45) is 5.73 Å². The third-order valence-corrected chi connectivity index (χ3v) is 1.40. The first kappa shape index (κ1) is 12.1. The molecule has 6 heteroatoms. The Bertz CT molecular complexity index is 175. The number of hydrogen-bond acceptors (Lipinski definition) is 3. The Kier molecular flexibility index (Phi) is 7.23. The van der Waals surface area contributed by atoms with Gasteiger partial charge < -0.3 is 21.1 Å². The van der Waals surface area contributed by atoms with Crippen molar-refractivity contribution in [3.63, 3.8) is 0 Å². The molecular formula is C7H15N3O2S. The van der Waals surface area contributed by atoms with Crippen LogP contribution in [-0.2, 0) is 9.53 Å². The maximum atomic E-state index is 10.2. The number of rotatable bonds is 6. The number of ether oxygens (including phenoxy) is 1. The standard InChI is InChI=1S/C7H15N3O2S/c1-2-9-7(13)10-3-4-12-5-6(8)11/h2-5H2,1H3,(H2,8,11)(H2,9,10,13). The summed E-state index contributed by atoms with van der Waals surface area (Å²) >= 11 is 4.88. The van der Waals surface area contributed by atoms with Gasteiger partial charge in [-0.3, -0.25) is 4.79 Å². The molecule has 0 unspecified atom stereocenters. The third kappa shape index (κ3) is 9.03. The van der Waals surface area contributed by atoms with E-state index in [1.165, 1.54) is 0 Å². The number of primary amides is 1. The number of nitrogens with one attached hydrogen (secondary N) is 2. The molecule has 0 atom stereocenters. The summed E-state index contributed by atoms with van der Waals surface area (Å²) in [7, 11) is 0. The fourth-order valence-electron chi connectivity index (χ4n) is 0.633. The van der Waals surface area contributed by atoms with E-state index in [1.807, 2.05) is 6.92 Å². The maximum Gasteiger partial charge on any atom is 0.243 e. The topological polar surface area (TPSA) is 76.4 Å². The minimum absolute atomic E-state index is 0.0460. The van der Waals surface area contributed by atoms with E-state index in [9.17, 15) is 4.79 Å². The van der Waals surface area contributed by atoms with Crippen molar-refractivity contribution in [1.82, 2.24) is 10.6 Å². The quantitative estimate of drug-likeness (QED) is 0.382. The van der Waals surface area contributed by atoms with Crippen LogP contribution in [0.4, 0.5) is 0 Å². The van der Waals surface area contributed by atoms with Gasteiger partial charge in [0.05, 0.1) is 6.61 Å². The van der Waals surface area contributed by atoms with Crippen molar-refractivity contribution in [2.75, 3.05) is 26.3 Å². The summed E-state index contributed by atoms with van der Waals surface area (Å²) in [5, 5.41) is 6.41. The zero-order chi connectivity index (χ0) is 10.1. The molecule has 0 bridgehead atoms. The van der Waals surface area contributed by atoms with Crippen molar-refractivity contribution in [3.8, 4) is 0 Å². The van der Waals surface area contributed by atoms with Crippen molar-refractivity contribution >= 4 is 23.2 Å². The minimum Gasteiger partial charge on any atom is -0.370 e. The van der Waals surface area contributed by atoms with Gasteiger partial charge >= 0.3 is 0 Å². The molecular weight excluding hydrogens is 190 g/mol. The van der Waals surface area contributed by atoms with Gasteiger partial charge in [0.25, 0.3) is 0 Å². The lowest BCUT2D eigenvalue weighted by molar-refractivity contribution is -0.122. The van der Waals surface area contributed by atoms with Gasteiger partial charge in [0, 0.05) is 13.1 Å². The fraction of sp³-hybridized carbons (Fsp3) is 0.714. The Morgan fingerprint density at radius 1 is 1.54 bits per heavy atom. The van der Waals surface area contributed by atoms with Crippen molar-refractivity contribution in [1.29, 1.82) is 0 Å². The molecule has 0 aliphatic heterocycles. The molecule has 1 amide bonds. The predicted molar refractivity (Wildman–Crippen MR) is 54.3 cm³/mol. The lowest BCUT2D eigenvalue weighted by Gasteiger charge is -2.07. The molecule has 0 aromatic carbocycles. The van der Waals surface area contributed by atoms with E-state index in [2.05, 4.69) is 10.6 Å². The molecule has 0 rings (SSSR count). The van der Waals surface area contributed by atoms with E-state index in [1.54, 1.807) is 0 Å². The molecule has 0 spiro atoms. The first-order chi connectivity index (χ1) is 6.16. The number of amides is 1. The molecule has 76 valence electrons. The lowest BCUT2D eigenvalue weighted by Crippen LogP contribution is -2.37. The number of carbonyl (C=O) groups is 1. The highest BCUT2D eigenvalue weighted by molar-refractivity contribution is 7.80. The van der Waals surface area contributed by atoms with Gasteiger partial charge in [-0.1, -0.05) is 0 Å². The normalized spacial score (nSPS) is 9.31. The monoisotopic (exact) mass is 205 g/mol. The number of hydrogen-bond donors (Lipinski definition) is 3. The van der Waals surface area contributed by atoms with Crippen molar-refractivity contribution in [2.45, 2.75) is 6.92 Å². The van der Waals surface area contributed by atoms with E-state index in [-0.39, 0.29) is 6.61 Å². The van der Waals surface area contributed by atoms with Gasteiger partial charge in [-0.15, -0.1) is 0 Å². The Morgan fingerprint density at radius 2 is 2.23 bits per heavy atom. The Morgan fingerprint density at radius 3 is 2.77 bits per heavy atom. The predicted octanol–water partition coefficient (Wildman–Crippen LogP) is -1.03. The van der Waals surface area contributed by atoms with Gasteiger partial charge in [0.15, 0.2) is 5.11 Å². The Hall–Kier alpha value is -0.880. The maximum absolute atomic E-state index is 10.2. The minimum atomic E-state index is -0.464. The van der Waals surface area contributed by atoms with Crippen LogP contribution in [0.15, 0.2) is 0 Å². The molecule has 13 heavy (non-hydrogen) atoms. The van der Waals surface area contributed by atoms with Crippen LogP contribution in [0.25, 0.3) is 0 Å². The highest BCUT2D eigenvalue weighted by Crippen LogP contribution is 1.72. The summed E-state index contributed by atoms with van der Waals surface area (Å²) in [5.41, 5.74) is 4.86. The second-order valence-corrected chi connectivity index (χ2v) is 2.71. The average molecular weight is 205 g/mol. The van der Waals surface area contributed by atoms with Crippen LogP contribution in [0.1, 0.15) is 6.92 Å². The third-order valence-electron chi connectivity index (χ3n) is 1.11. The van der Waals surface area contributed by atoms with E-state index < -0.39 is 5.91 Å². The first-order valence-corrected chi connectivity index (χ1v) is 4.45. The van der Waals surface area contributed by atoms with Gasteiger partial charge in [-0.25, -0.2) is 0 Å². The largest absolute Gasteiger partial charge is 0.370 e. The van der Waals surface area contributed by atoms with Gasteiger partial charge in [-0.05, 0) is 19.1 Å². The van der Waals surface area contributed by atoms with Crippen LogP contribution in [0.3, 0.4) is 0 Å². The highest BCUT2D eigenvalue weighted by atomic mass is 32.1. The summed E-state index contributed by atoms with van der Waals surface area (Å²) in [6.07, 6.45) is 0. The molecule has 0 heterocycles. The molecule has 4 N–H and O–H groups in total. The zero-order valence-corrected chi connectivity index (χ0v) is 8.45. The van der Waals surface area contributed by atoms with Gasteiger partial charge in [0.1, 0.15) is 6.61 Å². The SMILES string of the molecule is CCNC(=S)NCCOCC(N)=O. The number of carbonyl (C=O) groups excluding carboxylic acids is 1. The summed E-state index contributed by atoms with van der Waals surface area (Å²) in [5.74, 6) is -0.464. The lowest BCUT2D eigenvalue weighted by atomic mass is 10.6. The fourth-order valence-corrected chi connectivity index (χ4v) is 0.879. The Balaban J connectivity index is 3.16. The number of thiocarbonyl (C=S) groups is 1. The summed E-state index contributed by atoms with van der Waals surface area (Å²) in [4.78, 5) is 10.2. The van der Waals surface area contributed by atoms with Gasteiger partial charge in [-0.2, -0.15) is 0 Å². The molecule has 0 aromatic heterocycles. The van der Waals surface area contributed by atoms with E-state index in [0.29, 0.717) is 18.3 Å². The van der Waals surface area contributed by atoms with Crippen molar-refractivity contribution < 1.29 is 9.53 Å². The summed E-state index contributed by atoms with van der Waals surface area (Å²) in [6, 6.07) is 0. The zero-order valence-electron chi connectivity index (χ0n) is 7.63. The van der Waals surface area contributed by atoms with E-state index >= 15 is 0 Å². The molecule has 0 aliphatic carbocycles. The second kappa shape index (κ2) is 7.75. The van der Waals surface area contributed by atoms with E-state index in [0.717, 1.165) is 6.54 Å². The summed E-state index contributed by atoms with van der Waals surface area (Å²) < 4.78 is 4.90. The molecule has 0 radical (unpaired) electrons. The molecule has 0 saturated heterocycles. The molecule has 5 nitrogen and oxygen atoms in total. The van der Waals surface area contributed by atoms with E-state index in [4.69, 9.17) is 22.7 Å². The summed E-state index contributed by atoms with van der Waals surface area (Å²) in [6.45, 7) is 3.68. The van der Waals surface area contributed by atoms with Crippen LogP contribution in [-0.4, -0.2) is 37.3 Å². The number of nitrogens with two attached hydrogens (primary N) is 1. The second-order valence-electron chi connectivity index (χ2n) is 2.31. The first-order valence-electron chi connectivity index (χ1n) is 4.04. The van der Waals surface area contributed by atoms with Crippen LogP contribution < -0.4 is 16.4 Å². The van der Waals surface area contributed by atoms with Crippen LogP contribution in [0, 0.1) is 0 Å². The Labute approximate surface area is 83.0 Å². The average Bonchev–Trinajstić information content (AvgIpc) is 2.03. The highest BCUT2D eigenvalue weighted by Gasteiger charge is 1.94. The molecule has 0 fully saturated rings.